The first kappa shape index (κ1) is 13.2. The molecule has 0 spiro atoms. The Balaban J connectivity index is 1.89. The Morgan fingerprint density at radius 3 is 2.60 bits per heavy atom. The van der Waals surface area contributed by atoms with Gasteiger partial charge in [0.25, 0.3) is 0 Å². The number of methoxy groups -OCH3 is 1. The minimum absolute atomic E-state index is 0.648. The number of hydrogen-bond donors (Lipinski definition) is 1. The molecule has 20 heavy (non-hydrogen) atoms. The van der Waals surface area contributed by atoms with E-state index in [4.69, 9.17) is 4.74 Å². The van der Waals surface area contributed by atoms with E-state index in [0.717, 1.165) is 18.8 Å². The Morgan fingerprint density at radius 2 is 1.85 bits per heavy atom. The molecule has 1 atom stereocenters. The van der Waals surface area contributed by atoms with Crippen LogP contribution in [0.25, 0.3) is 11.1 Å². The first-order valence-corrected chi connectivity index (χ1v) is 7.32. The van der Waals surface area contributed by atoms with E-state index >= 15 is 0 Å². The van der Waals surface area contributed by atoms with Crippen LogP contribution in [0.4, 0.5) is 0 Å². The summed E-state index contributed by atoms with van der Waals surface area (Å²) in [5.74, 6) is 1.56. The number of nitrogens with one attached hydrogen (secondary N) is 1. The average Bonchev–Trinajstić information content (AvgIpc) is 2.56. The maximum atomic E-state index is 5.31. The number of piperidine rings is 1. The van der Waals surface area contributed by atoms with Crippen LogP contribution in [0.2, 0.25) is 0 Å². The molecule has 0 radical (unpaired) electrons. The SMILES string of the molecule is COc1cccc(-c2cccc(C3CCCNC3)c2)c1. The summed E-state index contributed by atoms with van der Waals surface area (Å²) in [5.41, 5.74) is 3.93. The maximum absolute atomic E-state index is 5.31. The molecule has 1 unspecified atom stereocenters. The van der Waals surface area contributed by atoms with Gasteiger partial charge in [-0.3, -0.25) is 0 Å². The minimum Gasteiger partial charge on any atom is -0.497 e. The van der Waals surface area contributed by atoms with Crippen LogP contribution in [0.15, 0.2) is 48.5 Å². The van der Waals surface area contributed by atoms with Crippen molar-refractivity contribution in [2.24, 2.45) is 0 Å². The molecule has 2 aromatic carbocycles. The van der Waals surface area contributed by atoms with Crippen molar-refractivity contribution < 1.29 is 4.74 Å². The third-order valence-electron chi connectivity index (χ3n) is 4.06. The lowest BCUT2D eigenvalue weighted by Crippen LogP contribution is -2.28. The molecule has 2 nitrogen and oxygen atoms in total. The number of benzene rings is 2. The van der Waals surface area contributed by atoms with Crippen LogP contribution in [0.5, 0.6) is 5.75 Å². The minimum atomic E-state index is 0.648. The predicted molar refractivity (Wildman–Crippen MR) is 83.3 cm³/mol. The molecule has 1 N–H and O–H groups in total. The molecule has 1 aliphatic rings. The van der Waals surface area contributed by atoms with Crippen LogP contribution in [0.1, 0.15) is 24.3 Å². The van der Waals surface area contributed by atoms with Crippen molar-refractivity contribution in [2.75, 3.05) is 20.2 Å². The molecule has 0 bridgehead atoms. The monoisotopic (exact) mass is 267 g/mol. The zero-order chi connectivity index (χ0) is 13.8. The van der Waals surface area contributed by atoms with Crippen molar-refractivity contribution in [2.45, 2.75) is 18.8 Å². The molecule has 0 amide bonds. The first-order valence-electron chi connectivity index (χ1n) is 7.32. The molecule has 1 aliphatic heterocycles. The summed E-state index contributed by atoms with van der Waals surface area (Å²) in [6.07, 6.45) is 2.56. The van der Waals surface area contributed by atoms with E-state index in [1.165, 1.54) is 29.5 Å². The van der Waals surface area contributed by atoms with Gasteiger partial charge in [0.05, 0.1) is 7.11 Å². The van der Waals surface area contributed by atoms with Gasteiger partial charge in [-0.2, -0.15) is 0 Å². The number of ether oxygens (including phenoxy) is 1. The molecule has 2 aromatic rings. The maximum Gasteiger partial charge on any atom is 0.119 e. The summed E-state index contributed by atoms with van der Waals surface area (Å²) < 4.78 is 5.31. The Kier molecular flexibility index (Phi) is 4.03. The Labute approximate surface area is 120 Å². The van der Waals surface area contributed by atoms with Gasteiger partial charge < -0.3 is 10.1 Å². The molecular formula is C18H21NO. The smallest absolute Gasteiger partial charge is 0.119 e. The molecule has 104 valence electrons. The summed E-state index contributed by atoms with van der Waals surface area (Å²) in [7, 11) is 1.71. The van der Waals surface area contributed by atoms with Gasteiger partial charge in [-0.05, 0) is 54.1 Å². The topological polar surface area (TPSA) is 21.3 Å². The molecular weight excluding hydrogens is 246 g/mol. The van der Waals surface area contributed by atoms with E-state index in [9.17, 15) is 0 Å². The second-order valence-corrected chi connectivity index (χ2v) is 5.40. The Morgan fingerprint density at radius 1 is 1.05 bits per heavy atom. The van der Waals surface area contributed by atoms with Gasteiger partial charge in [0.1, 0.15) is 5.75 Å². The van der Waals surface area contributed by atoms with Crippen LogP contribution in [0, 0.1) is 0 Å². The average molecular weight is 267 g/mol. The van der Waals surface area contributed by atoms with Crippen molar-refractivity contribution in [1.82, 2.24) is 5.32 Å². The van der Waals surface area contributed by atoms with E-state index in [0.29, 0.717) is 5.92 Å². The van der Waals surface area contributed by atoms with Crippen LogP contribution in [0.3, 0.4) is 0 Å². The van der Waals surface area contributed by atoms with Gasteiger partial charge >= 0.3 is 0 Å². The molecule has 0 saturated carbocycles. The van der Waals surface area contributed by atoms with Crippen molar-refractivity contribution in [1.29, 1.82) is 0 Å². The zero-order valence-electron chi connectivity index (χ0n) is 11.9. The van der Waals surface area contributed by atoms with Gasteiger partial charge in [-0.15, -0.1) is 0 Å². The first-order chi connectivity index (χ1) is 9.86. The molecule has 1 saturated heterocycles. The number of rotatable bonds is 3. The van der Waals surface area contributed by atoms with Crippen LogP contribution < -0.4 is 10.1 Å². The van der Waals surface area contributed by atoms with E-state index in [-0.39, 0.29) is 0 Å². The lowest BCUT2D eigenvalue weighted by Gasteiger charge is -2.23. The van der Waals surface area contributed by atoms with E-state index < -0.39 is 0 Å². The highest BCUT2D eigenvalue weighted by molar-refractivity contribution is 5.66. The van der Waals surface area contributed by atoms with Gasteiger partial charge in [-0.25, -0.2) is 0 Å². The Hall–Kier alpha value is -1.80. The summed E-state index contributed by atoms with van der Waals surface area (Å²) in [4.78, 5) is 0. The standard InChI is InChI=1S/C18H21NO/c1-20-18-9-3-7-16(12-18)14-5-2-6-15(11-14)17-8-4-10-19-13-17/h2-3,5-7,9,11-12,17,19H,4,8,10,13H2,1H3. The fraction of sp³-hybridized carbons (Fsp3) is 0.333. The fourth-order valence-corrected chi connectivity index (χ4v) is 2.91. The highest BCUT2D eigenvalue weighted by atomic mass is 16.5. The third kappa shape index (κ3) is 2.86. The second kappa shape index (κ2) is 6.10. The fourth-order valence-electron chi connectivity index (χ4n) is 2.91. The third-order valence-corrected chi connectivity index (χ3v) is 4.06. The predicted octanol–water partition coefficient (Wildman–Crippen LogP) is 3.83. The number of hydrogen-bond acceptors (Lipinski definition) is 2. The summed E-state index contributed by atoms with van der Waals surface area (Å²) >= 11 is 0. The normalized spacial score (nSPS) is 18.8. The molecule has 0 aromatic heterocycles. The van der Waals surface area contributed by atoms with Crippen molar-refractivity contribution in [3.63, 3.8) is 0 Å². The highest BCUT2D eigenvalue weighted by Gasteiger charge is 2.15. The zero-order valence-corrected chi connectivity index (χ0v) is 11.9. The lowest BCUT2D eigenvalue weighted by atomic mass is 9.90. The molecule has 0 aliphatic carbocycles. The van der Waals surface area contributed by atoms with Crippen LogP contribution >= 0.6 is 0 Å². The van der Waals surface area contributed by atoms with Crippen molar-refractivity contribution >= 4 is 0 Å². The van der Waals surface area contributed by atoms with E-state index in [1.54, 1.807) is 7.11 Å². The molecule has 1 fully saturated rings. The highest BCUT2D eigenvalue weighted by Crippen LogP contribution is 2.29. The summed E-state index contributed by atoms with van der Waals surface area (Å²) in [6, 6.07) is 17.2. The Bertz CT molecular complexity index is 573. The van der Waals surface area contributed by atoms with Gasteiger partial charge in [0, 0.05) is 6.54 Å². The summed E-state index contributed by atoms with van der Waals surface area (Å²) in [6.45, 7) is 2.26. The van der Waals surface area contributed by atoms with E-state index in [1.807, 2.05) is 12.1 Å². The van der Waals surface area contributed by atoms with E-state index in [2.05, 4.69) is 41.7 Å². The largest absolute Gasteiger partial charge is 0.497 e. The lowest BCUT2D eigenvalue weighted by molar-refractivity contribution is 0.415. The van der Waals surface area contributed by atoms with Gasteiger partial charge in [-0.1, -0.05) is 36.4 Å². The molecule has 1 heterocycles. The van der Waals surface area contributed by atoms with Gasteiger partial charge in [0.15, 0.2) is 0 Å². The van der Waals surface area contributed by atoms with Crippen LogP contribution in [-0.2, 0) is 0 Å². The molecule has 3 rings (SSSR count). The van der Waals surface area contributed by atoms with Crippen LogP contribution in [-0.4, -0.2) is 20.2 Å². The summed E-state index contributed by atoms with van der Waals surface area (Å²) in [5, 5.41) is 3.49. The van der Waals surface area contributed by atoms with Crippen molar-refractivity contribution in [3.05, 3.63) is 54.1 Å². The quantitative estimate of drug-likeness (QED) is 0.912. The van der Waals surface area contributed by atoms with Gasteiger partial charge in [0.2, 0.25) is 0 Å². The second-order valence-electron chi connectivity index (χ2n) is 5.40. The molecule has 2 heteroatoms. The van der Waals surface area contributed by atoms with Crippen molar-refractivity contribution in [3.8, 4) is 16.9 Å².